The molecule has 2 saturated heterocycles. The van der Waals surface area contributed by atoms with E-state index >= 15 is 0 Å². The van der Waals surface area contributed by atoms with E-state index in [1.54, 1.807) is 30.2 Å². The highest BCUT2D eigenvalue weighted by atomic mass is 19.1. The van der Waals surface area contributed by atoms with Gasteiger partial charge in [0.2, 0.25) is 0 Å². The normalized spacial score (nSPS) is 21.0. The third kappa shape index (κ3) is 4.00. The molecule has 1 aromatic carbocycles. The summed E-state index contributed by atoms with van der Waals surface area (Å²) in [5.74, 6) is 1.89. The highest BCUT2D eigenvalue weighted by Gasteiger charge is 2.51. The molecule has 2 aromatic rings. The van der Waals surface area contributed by atoms with E-state index in [1.807, 2.05) is 9.80 Å². The number of H-pyrrole nitrogens is 1. The number of benzene rings is 1. The second kappa shape index (κ2) is 8.90. The molecule has 182 valence electrons. The van der Waals surface area contributed by atoms with Crippen LogP contribution in [0.1, 0.15) is 35.3 Å². The number of hydrogen-bond acceptors (Lipinski definition) is 4. The molecular weight excluding hydrogens is 447 g/mol. The molecule has 0 unspecified atom stereocenters. The molecule has 5 rings (SSSR count). The number of aryl methyl sites for hydroxylation is 1. The van der Waals surface area contributed by atoms with Crippen molar-refractivity contribution in [2.75, 3.05) is 39.4 Å². The maximum Gasteiger partial charge on any atom is 0.270 e. The number of nitrogens with one attached hydrogen (secondary N) is 1. The Balaban J connectivity index is 1.46. The molecule has 8 heteroatoms. The maximum absolute atomic E-state index is 14.0. The zero-order chi connectivity index (χ0) is 24.7. The fraction of sp³-hybridized carbons (Fsp3) is 0.407. The van der Waals surface area contributed by atoms with E-state index in [1.165, 1.54) is 6.07 Å². The largest absolute Gasteiger partial charge is 0.379 e. The van der Waals surface area contributed by atoms with E-state index in [-0.39, 0.29) is 35.3 Å². The third-order valence-corrected chi connectivity index (χ3v) is 7.38. The number of carbonyl (C=O) groups is 2. The van der Waals surface area contributed by atoms with Gasteiger partial charge in [-0.2, -0.15) is 0 Å². The summed E-state index contributed by atoms with van der Waals surface area (Å²) in [4.78, 5) is 35.6. The van der Waals surface area contributed by atoms with Crippen LogP contribution in [0, 0.1) is 25.1 Å². The van der Waals surface area contributed by atoms with Crippen molar-refractivity contribution in [2.45, 2.75) is 31.7 Å². The Morgan fingerprint density at radius 1 is 1.29 bits per heavy atom. The van der Waals surface area contributed by atoms with Gasteiger partial charge in [0.05, 0.1) is 24.4 Å². The van der Waals surface area contributed by atoms with Crippen LogP contribution in [0.3, 0.4) is 0 Å². The Kier molecular flexibility index (Phi) is 5.89. The Morgan fingerprint density at radius 2 is 2.09 bits per heavy atom. The second-order valence-corrected chi connectivity index (χ2v) is 9.47. The lowest BCUT2D eigenvalue weighted by Crippen LogP contribution is -2.49. The van der Waals surface area contributed by atoms with Crippen molar-refractivity contribution >= 4 is 22.7 Å². The van der Waals surface area contributed by atoms with Crippen molar-refractivity contribution in [3.05, 3.63) is 59.3 Å². The fourth-order valence-electron chi connectivity index (χ4n) is 5.10. The zero-order valence-corrected chi connectivity index (χ0v) is 19.9. The predicted molar refractivity (Wildman–Crippen MR) is 131 cm³/mol. The molecule has 1 aliphatic carbocycles. The van der Waals surface area contributed by atoms with Gasteiger partial charge in [-0.25, -0.2) is 4.39 Å². The van der Waals surface area contributed by atoms with E-state index in [4.69, 9.17) is 11.2 Å². The number of piperazine rings is 1. The van der Waals surface area contributed by atoms with Crippen molar-refractivity contribution < 1.29 is 18.7 Å². The van der Waals surface area contributed by atoms with Crippen LogP contribution in [0.25, 0.3) is 10.9 Å². The monoisotopic (exact) mass is 476 g/mol. The Bertz CT molecular complexity index is 1280. The number of fused-ring (bicyclic) bond motifs is 1. The number of carbonyl (C=O) groups excluding carboxylic acids is 2. The molecule has 3 heterocycles. The average molecular weight is 477 g/mol. The summed E-state index contributed by atoms with van der Waals surface area (Å²) in [7, 11) is 0. The van der Waals surface area contributed by atoms with Gasteiger partial charge in [-0.1, -0.05) is 12.5 Å². The second-order valence-electron chi connectivity index (χ2n) is 9.47. The number of aromatic nitrogens is 1. The number of rotatable bonds is 3. The minimum atomic E-state index is -0.315. The van der Waals surface area contributed by atoms with Gasteiger partial charge in [0.15, 0.2) is 0 Å². The predicted octanol–water partition coefficient (Wildman–Crippen LogP) is 3.19. The smallest absolute Gasteiger partial charge is 0.270 e. The van der Waals surface area contributed by atoms with Crippen LogP contribution in [-0.2, 0) is 9.53 Å². The van der Waals surface area contributed by atoms with Gasteiger partial charge in [0.25, 0.3) is 11.8 Å². The molecule has 1 N–H and O–H groups in total. The van der Waals surface area contributed by atoms with E-state index in [9.17, 15) is 14.0 Å². The summed E-state index contributed by atoms with van der Waals surface area (Å²) in [6.07, 6.45) is 10.1. The van der Waals surface area contributed by atoms with Gasteiger partial charge in [-0.3, -0.25) is 9.59 Å². The summed E-state index contributed by atoms with van der Waals surface area (Å²) in [6.45, 7) is 8.41. The van der Waals surface area contributed by atoms with E-state index in [0.29, 0.717) is 60.7 Å². The summed E-state index contributed by atoms with van der Waals surface area (Å²) in [6, 6.07) is 4.70. The highest BCUT2D eigenvalue weighted by Crippen LogP contribution is 2.44. The Morgan fingerprint density at radius 3 is 2.80 bits per heavy atom. The highest BCUT2D eigenvalue weighted by molar-refractivity contribution is 6.01. The molecule has 2 amide bonds. The van der Waals surface area contributed by atoms with Crippen LogP contribution in [0.5, 0.6) is 0 Å². The minimum Gasteiger partial charge on any atom is -0.379 e. The summed E-state index contributed by atoms with van der Waals surface area (Å²) >= 11 is 0. The molecule has 0 atom stereocenters. The average Bonchev–Trinajstić information content (AvgIpc) is 3.57. The first-order valence-corrected chi connectivity index (χ1v) is 11.9. The standard InChI is InChI=1S/C27H29FN4O3/c1-4-19(25(33)32-11-6-14-35-17-27(32)9-10-27)24-16-31(13-12-30(24)5-2)26(34)23-15-20-18(3)21(28)7-8-22(20)29-23/h1,5,7-8,15,29H,2,6,9-14,16-17H2,3H3/b24-19+. The quantitative estimate of drug-likeness (QED) is 0.546. The lowest BCUT2D eigenvalue weighted by Gasteiger charge is -2.38. The molecular formula is C27H29FN4O3. The molecule has 0 bridgehead atoms. The van der Waals surface area contributed by atoms with Crippen molar-refractivity contribution in [3.63, 3.8) is 0 Å². The molecule has 2 aliphatic heterocycles. The molecule has 1 spiro atoms. The number of ether oxygens (including phenoxy) is 1. The zero-order valence-electron chi connectivity index (χ0n) is 19.9. The number of terminal acetylenes is 1. The fourth-order valence-corrected chi connectivity index (χ4v) is 5.10. The van der Waals surface area contributed by atoms with E-state index < -0.39 is 0 Å². The minimum absolute atomic E-state index is 0.177. The molecule has 7 nitrogen and oxygen atoms in total. The Labute approximate surface area is 204 Å². The third-order valence-electron chi connectivity index (χ3n) is 7.38. The number of nitrogens with zero attached hydrogens (tertiary/aromatic N) is 3. The molecule has 3 aliphatic rings. The van der Waals surface area contributed by atoms with Crippen LogP contribution in [0.15, 0.2) is 42.2 Å². The molecule has 0 radical (unpaired) electrons. The Hall–Kier alpha value is -3.57. The SMILES string of the molecule is C#C/C(C(=O)N1CCCOCC12CC2)=C1/CN(C(=O)c2cc3c(C)c(F)ccc3[nH]2)CCN1C=C. The van der Waals surface area contributed by atoms with Crippen molar-refractivity contribution in [1.29, 1.82) is 0 Å². The van der Waals surface area contributed by atoms with Crippen molar-refractivity contribution in [3.8, 4) is 12.3 Å². The van der Waals surface area contributed by atoms with Crippen LogP contribution < -0.4 is 0 Å². The number of amides is 2. The molecule has 35 heavy (non-hydrogen) atoms. The first-order chi connectivity index (χ1) is 16.9. The summed E-state index contributed by atoms with van der Waals surface area (Å²) in [5, 5.41) is 0.673. The molecule has 1 aromatic heterocycles. The lowest BCUT2D eigenvalue weighted by atomic mass is 10.1. The van der Waals surface area contributed by atoms with Crippen LogP contribution >= 0.6 is 0 Å². The first kappa shape index (κ1) is 23.2. The van der Waals surface area contributed by atoms with E-state index in [2.05, 4.69) is 17.5 Å². The van der Waals surface area contributed by atoms with E-state index in [0.717, 1.165) is 19.3 Å². The van der Waals surface area contributed by atoms with Gasteiger partial charge in [0.1, 0.15) is 17.1 Å². The number of halogens is 1. The first-order valence-electron chi connectivity index (χ1n) is 11.9. The summed E-state index contributed by atoms with van der Waals surface area (Å²) < 4.78 is 19.7. The van der Waals surface area contributed by atoms with Gasteiger partial charge >= 0.3 is 0 Å². The summed E-state index contributed by atoms with van der Waals surface area (Å²) in [5.41, 5.74) is 2.14. The topological polar surface area (TPSA) is 68.9 Å². The van der Waals surface area contributed by atoms with Crippen molar-refractivity contribution in [2.24, 2.45) is 0 Å². The molecule has 1 saturated carbocycles. The van der Waals surface area contributed by atoms with Gasteiger partial charge in [0, 0.05) is 37.1 Å². The molecule has 3 fully saturated rings. The van der Waals surface area contributed by atoms with Gasteiger partial charge in [-0.05, 0) is 56.1 Å². The van der Waals surface area contributed by atoms with Crippen molar-refractivity contribution in [1.82, 2.24) is 19.7 Å². The van der Waals surface area contributed by atoms with Gasteiger partial charge in [-0.15, -0.1) is 6.42 Å². The number of hydrogen-bond donors (Lipinski definition) is 1. The van der Waals surface area contributed by atoms with Crippen LogP contribution in [0.4, 0.5) is 4.39 Å². The van der Waals surface area contributed by atoms with Crippen LogP contribution in [0.2, 0.25) is 0 Å². The van der Waals surface area contributed by atoms with Gasteiger partial charge < -0.3 is 24.4 Å². The maximum atomic E-state index is 14.0. The van der Waals surface area contributed by atoms with Crippen LogP contribution in [-0.4, -0.2) is 76.4 Å². The number of aromatic amines is 1. The lowest BCUT2D eigenvalue weighted by molar-refractivity contribution is -0.130.